The topological polar surface area (TPSA) is 102 Å². The van der Waals surface area contributed by atoms with E-state index in [0.717, 1.165) is 0 Å². The first-order valence-corrected chi connectivity index (χ1v) is 8.08. The van der Waals surface area contributed by atoms with Gasteiger partial charge in [-0.1, -0.05) is 18.1 Å². The normalized spacial score (nSPS) is 14.3. The van der Waals surface area contributed by atoms with Crippen LogP contribution in [-0.4, -0.2) is 21.5 Å². The fourth-order valence-electron chi connectivity index (χ4n) is 2.20. The molecular weight excluding hydrogens is 444 g/mol. The summed E-state index contributed by atoms with van der Waals surface area (Å²) in [6.07, 6.45) is -1.22. The predicted octanol–water partition coefficient (Wildman–Crippen LogP) is 4.12. The van der Waals surface area contributed by atoms with Gasteiger partial charge in [0.15, 0.2) is 5.78 Å². The van der Waals surface area contributed by atoms with Crippen LogP contribution >= 0.6 is 31.9 Å². The number of aromatic hydroxyl groups is 1. The van der Waals surface area contributed by atoms with Crippen LogP contribution in [0, 0.1) is 0 Å². The Morgan fingerprint density at radius 2 is 1.83 bits per heavy atom. The van der Waals surface area contributed by atoms with Crippen molar-refractivity contribution in [3.63, 3.8) is 0 Å². The van der Waals surface area contributed by atoms with Gasteiger partial charge in [-0.25, -0.2) is 0 Å². The number of phenols is 1. The molecule has 0 aliphatic carbocycles. The van der Waals surface area contributed by atoms with E-state index in [0.29, 0.717) is 0 Å². The van der Waals surface area contributed by atoms with Crippen LogP contribution in [0.4, 0.5) is 0 Å². The Bertz CT molecular complexity index is 1090. The van der Waals surface area contributed by atoms with Crippen LogP contribution in [0.1, 0.15) is 40.2 Å². The molecule has 1 aromatic heterocycles. The molecule has 5 nitrogen and oxygen atoms in total. The van der Waals surface area contributed by atoms with Crippen LogP contribution in [0.5, 0.6) is 5.75 Å². The number of ketones is 1. The number of aliphatic hydroxyl groups excluding tert-OH is 1. The van der Waals surface area contributed by atoms with Crippen molar-refractivity contribution in [2.24, 2.45) is 0 Å². The third kappa shape index (κ3) is 3.12. The van der Waals surface area contributed by atoms with E-state index >= 15 is 0 Å². The molecule has 4 N–H and O–H groups in total. The number of halogens is 2. The monoisotopic (exact) mass is 460 g/mol. The summed E-state index contributed by atoms with van der Waals surface area (Å²) < 4.78 is 37.8. The highest BCUT2D eigenvalue weighted by Crippen LogP contribution is 2.36. The van der Waals surface area contributed by atoms with E-state index in [1.165, 1.54) is 19.1 Å². The average molecular weight is 462 g/mol. The fraction of sp³-hybridized carbons (Fsp3) is 0.118. The minimum atomic E-state index is -1.22. The van der Waals surface area contributed by atoms with Crippen LogP contribution in [0.15, 0.2) is 49.7 Å². The van der Waals surface area contributed by atoms with E-state index in [9.17, 15) is 15.0 Å². The second kappa shape index (κ2) is 7.06. The van der Waals surface area contributed by atoms with Crippen molar-refractivity contribution in [3.8, 4) is 5.75 Å². The van der Waals surface area contributed by atoms with Gasteiger partial charge in [0.2, 0.25) is 0 Å². The van der Waals surface area contributed by atoms with Gasteiger partial charge in [-0.05, 0) is 57.0 Å². The Morgan fingerprint density at radius 1 is 1.25 bits per heavy atom. The maximum Gasteiger partial charge on any atom is 0.197 e. The number of rotatable bonds is 3. The predicted molar refractivity (Wildman–Crippen MR) is 97.4 cm³/mol. The molecular formula is C17H14Br2O5. The van der Waals surface area contributed by atoms with Crippen molar-refractivity contribution in [3.05, 3.63) is 62.1 Å². The molecule has 0 fully saturated rings. The van der Waals surface area contributed by atoms with E-state index in [1.807, 2.05) is 0 Å². The van der Waals surface area contributed by atoms with Crippen LogP contribution in [0.25, 0.3) is 11.0 Å². The molecule has 0 bridgehead atoms. The largest absolute Gasteiger partial charge is 0.506 e. The van der Waals surface area contributed by atoms with Crippen LogP contribution in [0.3, 0.4) is 0 Å². The average Bonchev–Trinajstić information content (AvgIpc) is 3.02. The second-order valence-electron chi connectivity index (χ2n) is 4.84. The molecule has 3 aromatic rings. The lowest BCUT2D eigenvalue weighted by atomic mass is 9.98. The number of carbonyl (C=O) groups excluding carboxylic acids is 1. The van der Waals surface area contributed by atoms with Crippen molar-refractivity contribution in [2.75, 3.05) is 0 Å². The van der Waals surface area contributed by atoms with Crippen molar-refractivity contribution in [1.29, 1.82) is 0 Å². The maximum absolute atomic E-state index is 13.2. The zero-order chi connectivity index (χ0) is 20.2. The van der Waals surface area contributed by atoms with Crippen molar-refractivity contribution < 1.29 is 30.4 Å². The number of hydrogen-bond acceptors (Lipinski definition) is 4. The number of phenolic OH excluding ortho intramolecular Hbond substituents is 1. The maximum atomic E-state index is 13.2. The summed E-state index contributed by atoms with van der Waals surface area (Å²) in [6.45, 7) is 1.37. The van der Waals surface area contributed by atoms with E-state index in [1.54, 1.807) is 0 Å². The summed E-state index contributed by atoms with van der Waals surface area (Å²) in [5, 5.41) is 19.8. The van der Waals surface area contributed by atoms with E-state index in [-0.39, 0.29) is 48.0 Å². The first-order valence-electron chi connectivity index (χ1n) is 8.49. The van der Waals surface area contributed by atoms with Gasteiger partial charge < -0.3 is 20.1 Å². The zero-order valence-electron chi connectivity index (χ0n) is 16.2. The van der Waals surface area contributed by atoms with Crippen LogP contribution < -0.4 is 0 Å². The van der Waals surface area contributed by atoms with E-state index in [2.05, 4.69) is 31.9 Å². The summed E-state index contributed by atoms with van der Waals surface area (Å²) in [4.78, 5) is 13.2. The molecule has 126 valence electrons. The number of aliphatic hydroxyl groups is 1. The molecule has 3 rings (SSSR count). The van der Waals surface area contributed by atoms with Gasteiger partial charge in [-0.15, -0.1) is 0 Å². The highest BCUT2D eigenvalue weighted by molar-refractivity contribution is 9.11. The van der Waals surface area contributed by atoms with Gasteiger partial charge in [0, 0.05) is 10.9 Å². The number of para-hydroxylation sites is 1. The van der Waals surface area contributed by atoms with Gasteiger partial charge in [0.1, 0.15) is 23.2 Å². The summed E-state index contributed by atoms with van der Waals surface area (Å²) in [6, 6.07) is 0.888. The van der Waals surface area contributed by atoms with Crippen LogP contribution in [-0.2, 0) is 0 Å². The molecule has 1 heterocycles. The summed E-state index contributed by atoms with van der Waals surface area (Å²) in [5.41, 5.74) is -0.211. The molecule has 1 unspecified atom stereocenters. The van der Waals surface area contributed by atoms with E-state index in [4.69, 9.17) is 9.90 Å². The molecule has 0 amide bonds. The lowest BCUT2D eigenvalue weighted by Gasteiger charge is -2.07. The Balaban J connectivity index is 0.00000280. The number of hydrogen-bond donors (Lipinski definition) is 2. The lowest BCUT2D eigenvalue weighted by molar-refractivity contribution is 0.102. The molecule has 0 saturated heterocycles. The second-order valence-corrected chi connectivity index (χ2v) is 6.55. The zero-order valence-corrected chi connectivity index (χ0v) is 15.4. The molecule has 0 radical (unpaired) electrons. The Labute approximate surface area is 160 Å². The smallest absolute Gasteiger partial charge is 0.197 e. The van der Waals surface area contributed by atoms with Gasteiger partial charge in [-0.3, -0.25) is 4.79 Å². The Morgan fingerprint density at radius 3 is 2.42 bits per heavy atom. The lowest BCUT2D eigenvalue weighted by Crippen LogP contribution is -2.06. The molecule has 0 aliphatic heterocycles. The van der Waals surface area contributed by atoms with Crippen molar-refractivity contribution in [2.45, 2.75) is 13.0 Å². The Kier molecular flexibility index (Phi) is 4.00. The Hall–Kier alpha value is -1.67. The van der Waals surface area contributed by atoms with Gasteiger partial charge in [-0.2, -0.15) is 0 Å². The van der Waals surface area contributed by atoms with Crippen LogP contribution in [0.2, 0.25) is 0 Å². The molecule has 2 aromatic carbocycles. The van der Waals surface area contributed by atoms with Gasteiger partial charge in [0.25, 0.3) is 0 Å². The molecule has 0 saturated carbocycles. The fourth-order valence-corrected chi connectivity index (χ4v) is 3.38. The number of carbonyl (C=O) groups is 1. The third-order valence-corrected chi connectivity index (χ3v) is 4.46. The number of benzene rings is 2. The van der Waals surface area contributed by atoms with Crippen molar-refractivity contribution in [1.82, 2.24) is 0 Å². The first kappa shape index (κ1) is 13.6. The molecule has 0 spiro atoms. The minimum absolute atomic E-state index is 0. The highest BCUT2D eigenvalue weighted by atomic mass is 79.9. The SMILES string of the molecule is O.[2H]c1c([2H])c([2H])c2c(C(=O)c3cc(Br)c(O)c(Br)c3)c(C(C)O)oc2c1[2H]. The molecule has 0 aliphatic rings. The summed E-state index contributed by atoms with van der Waals surface area (Å²) in [7, 11) is 0. The van der Waals surface area contributed by atoms with Gasteiger partial charge in [0.05, 0.1) is 20.0 Å². The number of furan rings is 1. The highest BCUT2D eigenvalue weighted by Gasteiger charge is 2.25. The van der Waals surface area contributed by atoms with Gasteiger partial charge >= 0.3 is 0 Å². The third-order valence-electron chi connectivity index (χ3n) is 3.25. The minimum Gasteiger partial charge on any atom is -0.506 e. The quantitative estimate of drug-likeness (QED) is 0.572. The molecule has 7 heteroatoms. The number of fused-ring (bicyclic) bond motifs is 1. The van der Waals surface area contributed by atoms with E-state index < -0.39 is 36.1 Å². The summed E-state index contributed by atoms with van der Waals surface area (Å²) >= 11 is 6.29. The summed E-state index contributed by atoms with van der Waals surface area (Å²) in [5.74, 6) is -0.861. The molecule has 1 atom stereocenters. The molecule has 24 heavy (non-hydrogen) atoms. The van der Waals surface area contributed by atoms with Crippen molar-refractivity contribution >= 4 is 48.6 Å². The standard InChI is InChI=1S/C17H12Br2O4.H2O/c1-8(20)17-14(10-4-2-3-5-13(10)23-17)15(21)9-6-11(18)16(22)12(19)7-9;/h2-8,20,22H,1H3;1H2/i2D,3D,4D,5D;. The first-order chi connectivity index (χ1) is 12.6.